The van der Waals surface area contributed by atoms with E-state index in [9.17, 15) is 9.59 Å². The van der Waals surface area contributed by atoms with Crippen LogP contribution in [-0.4, -0.2) is 42.6 Å². The summed E-state index contributed by atoms with van der Waals surface area (Å²) >= 11 is 1.59. The molecule has 148 valence electrons. The topological polar surface area (TPSA) is 61.4 Å². The summed E-state index contributed by atoms with van der Waals surface area (Å²) in [5, 5.41) is 5.46. The number of likely N-dealkylation sites (tertiary alicyclic amines) is 1. The minimum atomic E-state index is -0.611. The van der Waals surface area contributed by atoms with Crippen molar-refractivity contribution in [3.63, 3.8) is 0 Å². The molecule has 0 unspecified atom stereocenters. The van der Waals surface area contributed by atoms with E-state index >= 15 is 0 Å². The Morgan fingerprint density at radius 3 is 2.50 bits per heavy atom. The molecule has 2 aromatic carbocycles. The minimum absolute atomic E-state index is 0.420. The molecular formula is C22H27N3O2S. The average molecular weight is 398 g/mol. The van der Waals surface area contributed by atoms with Crippen molar-refractivity contribution >= 4 is 29.3 Å². The standard InChI is InChI=1S/C22H27N3O2S/c1-28-20-9-5-8-19(14-20)24-22(27)21(26)23-15-17-10-12-25(13-11-17)16-18-6-3-2-4-7-18/h2-9,14,17H,10-13,15-16H2,1H3,(H,23,26)(H,24,27). The largest absolute Gasteiger partial charge is 0.348 e. The Hall–Kier alpha value is -2.31. The van der Waals surface area contributed by atoms with Crippen LogP contribution in [0.3, 0.4) is 0 Å². The number of carbonyl (C=O) groups is 2. The molecule has 2 aromatic rings. The van der Waals surface area contributed by atoms with Gasteiger partial charge >= 0.3 is 11.8 Å². The highest BCUT2D eigenvalue weighted by atomic mass is 32.2. The van der Waals surface area contributed by atoms with Crippen LogP contribution in [0.15, 0.2) is 59.5 Å². The van der Waals surface area contributed by atoms with Crippen LogP contribution in [0.4, 0.5) is 5.69 Å². The summed E-state index contributed by atoms with van der Waals surface area (Å²) in [5.74, 6) is -0.760. The number of hydrogen-bond acceptors (Lipinski definition) is 4. The average Bonchev–Trinajstić information content (AvgIpc) is 2.74. The highest BCUT2D eigenvalue weighted by Crippen LogP contribution is 2.20. The summed E-state index contributed by atoms with van der Waals surface area (Å²) in [4.78, 5) is 27.7. The van der Waals surface area contributed by atoms with Crippen molar-refractivity contribution in [1.82, 2.24) is 10.2 Å². The number of nitrogens with one attached hydrogen (secondary N) is 2. The van der Waals surface area contributed by atoms with Gasteiger partial charge in [0.05, 0.1) is 0 Å². The number of carbonyl (C=O) groups excluding carboxylic acids is 2. The van der Waals surface area contributed by atoms with Gasteiger partial charge in [-0.2, -0.15) is 0 Å². The molecule has 0 aromatic heterocycles. The van der Waals surface area contributed by atoms with E-state index in [0.29, 0.717) is 18.2 Å². The number of hydrogen-bond donors (Lipinski definition) is 2. The molecular weight excluding hydrogens is 370 g/mol. The number of piperidine rings is 1. The summed E-state index contributed by atoms with van der Waals surface area (Å²) in [6.45, 7) is 3.56. The van der Waals surface area contributed by atoms with Crippen LogP contribution in [-0.2, 0) is 16.1 Å². The Labute approximate surface area is 170 Å². The van der Waals surface area contributed by atoms with Crippen LogP contribution >= 0.6 is 11.8 Å². The first-order valence-corrected chi connectivity index (χ1v) is 10.9. The molecule has 1 saturated heterocycles. The van der Waals surface area contributed by atoms with Gasteiger partial charge in [-0.05, 0) is 61.9 Å². The highest BCUT2D eigenvalue weighted by Gasteiger charge is 2.21. The smallest absolute Gasteiger partial charge is 0.313 e. The first-order valence-electron chi connectivity index (χ1n) is 9.63. The van der Waals surface area contributed by atoms with Gasteiger partial charge in [-0.15, -0.1) is 11.8 Å². The van der Waals surface area contributed by atoms with Crippen molar-refractivity contribution in [2.45, 2.75) is 24.3 Å². The fraction of sp³-hybridized carbons (Fsp3) is 0.364. The van der Waals surface area contributed by atoms with Crippen molar-refractivity contribution in [2.75, 3.05) is 31.2 Å². The fourth-order valence-corrected chi connectivity index (χ4v) is 3.86. The van der Waals surface area contributed by atoms with E-state index in [0.717, 1.165) is 37.4 Å². The third kappa shape index (κ3) is 6.11. The molecule has 28 heavy (non-hydrogen) atoms. The zero-order valence-corrected chi connectivity index (χ0v) is 17.0. The minimum Gasteiger partial charge on any atom is -0.348 e. The summed E-state index contributed by atoms with van der Waals surface area (Å²) in [7, 11) is 0. The fourth-order valence-electron chi connectivity index (χ4n) is 3.40. The SMILES string of the molecule is CSc1cccc(NC(=O)C(=O)NCC2CCN(Cc3ccccc3)CC2)c1. The molecule has 0 aliphatic carbocycles. The molecule has 1 aliphatic heterocycles. The number of nitrogens with zero attached hydrogens (tertiary/aromatic N) is 1. The molecule has 5 nitrogen and oxygen atoms in total. The van der Waals surface area contributed by atoms with Crippen molar-refractivity contribution in [1.29, 1.82) is 0 Å². The van der Waals surface area contributed by atoms with Gasteiger partial charge in [-0.3, -0.25) is 14.5 Å². The van der Waals surface area contributed by atoms with E-state index in [1.165, 1.54) is 5.56 Å². The summed E-state index contributed by atoms with van der Waals surface area (Å²) in [6.07, 6.45) is 4.04. The predicted molar refractivity (Wildman–Crippen MR) is 114 cm³/mol. The molecule has 1 heterocycles. The maximum atomic E-state index is 12.1. The van der Waals surface area contributed by atoms with Gasteiger partial charge in [0, 0.05) is 23.7 Å². The quantitative estimate of drug-likeness (QED) is 0.580. The van der Waals surface area contributed by atoms with Gasteiger partial charge < -0.3 is 10.6 Å². The van der Waals surface area contributed by atoms with Crippen LogP contribution in [0.5, 0.6) is 0 Å². The lowest BCUT2D eigenvalue weighted by molar-refractivity contribution is -0.136. The maximum absolute atomic E-state index is 12.1. The van der Waals surface area contributed by atoms with Crippen molar-refractivity contribution in [3.05, 3.63) is 60.2 Å². The molecule has 1 aliphatic rings. The second kappa shape index (κ2) is 10.3. The second-order valence-electron chi connectivity index (χ2n) is 7.10. The van der Waals surface area contributed by atoms with Gasteiger partial charge in [-0.25, -0.2) is 0 Å². The Morgan fingerprint density at radius 2 is 1.79 bits per heavy atom. The van der Waals surface area contributed by atoms with Crippen molar-refractivity contribution in [2.24, 2.45) is 5.92 Å². The maximum Gasteiger partial charge on any atom is 0.313 e. The monoisotopic (exact) mass is 397 g/mol. The van der Waals surface area contributed by atoms with Crippen LogP contribution in [0.25, 0.3) is 0 Å². The van der Waals surface area contributed by atoms with E-state index in [2.05, 4.69) is 39.8 Å². The number of amides is 2. The van der Waals surface area contributed by atoms with E-state index in [-0.39, 0.29) is 0 Å². The first-order chi connectivity index (χ1) is 13.6. The van der Waals surface area contributed by atoms with Gasteiger partial charge in [0.1, 0.15) is 0 Å². The Kier molecular flexibility index (Phi) is 7.51. The highest BCUT2D eigenvalue weighted by molar-refractivity contribution is 7.98. The van der Waals surface area contributed by atoms with E-state index in [1.807, 2.05) is 30.5 Å². The molecule has 2 amide bonds. The molecule has 0 radical (unpaired) electrons. The van der Waals surface area contributed by atoms with Gasteiger partial charge in [-0.1, -0.05) is 36.4 Å². The third-order valence-electron chi connectivity index (χ3n) is 5.04. The van der Waals surface area contributed by atoms with Crippen molar-refractivity contribution < 1.29 is 9.59 Å². The lowest BCUT2D eigenvalue weighted by atomic mass is 9.96. The van der Waals surface area contributed by atoms with Gasteiger partial charge in [0.15, 0.2) is 0 Å². The van der Waals surface area contributed by atoms with Crippen LogP contribution in [0.2, 0.25) is 0 Å². The zero-order chi connectivity index (χ0) is 19.8. The number of benzene rings is 2. The molecule has 1 fully saturated rings. The van der Waals surface area contributed by atoms with E-state index in [1.54, 1.807) is 17.8 Å². The second-order valence-corrected chi connectivity index (χ2v) is 7.98. The van der Waals surface area contributed by atoms with E-state index in [4.69, 9.17) is 0 Å². The lowest BCUT2D eigenvalue weighted by Crippen LogP contribution is -2.41. The molecule has 0 saturated carbocycles. The molecule has 0 atom stereocenters. The molecule has 3 rings (SSSR count). The Bertz CT molecular complexity index is 789. The molecule has 2 N–H and O–H groups in total. The Morgan fingerprint density at radius 1 is 1.04 bits per heavy atom. The lowest BCUT2D eigenvalue weighted by Gasteiger charge is -2.32. The third-order valence-corrected chi connectivity index (χ3v) is 5.77. The van der Waals surface area contributed by atoms with Crippen LogP contribution in [0, 0.1) is 5.92 Å². The molecule has 0 bridgehead atoms. The van der Waals surface area contributed by atoms with Crippen LogP contribution < -0.4 is 10.6 Å². The number of rotatable bonds is 6. The predicted octanol–water partition coefficient (Wildman–Crippen LogP) is 3.38. The summed E-state index contributed by atoms with van der Waals surface area (Å²) < 4.78 is 0. The summed E-state index contributed by atoms with van der Waals surface area (Å²) in [5.41, 5.74) is 1.97. The zero-order valence-electron chi connectivity index (χ0n) is 16.2. The van der Waals surface area contributed by atoms with Gasteiger partial charge in [0.25, 0.3) is 0 Å². The Balaban J connectivity index is 1.38. The molecule has 6 heteroatoms. The van der Waals surface area contributed by atoms with E-state index < -0.39 is 11.8 Å². The number of anilines is 1. The summed E-state index contributed by atoms with van der Waals surface area (Å²) in [6, 6.07) is 18.0. The molecule has 0 spiro atoms. The van der Waals surface area contributed by atoms with Crippen molar-refractivity contribution in [3.8, 4) is 0 Å². The van der Waals surface area contributed by atoms with Crippen LogP contribution in [0.1, 0.15) is 18.4 Å². The number of thioether (sulfide) groups is 1. The first kappa shape index (κ1) is 20.4. The van der Waals surface area contributed by atoms with Gasteiger partial charge in [0.2, 0.25) is 0 Å². The normalized spacial score (nSPS) is 15.2.